The molecule has 7 heteroatoms. The van der Waals surface area contributed by atoms with Gasteiger partial charge in [0.05, 0.1) is 4.92 Å². The van der Waals surface area contributed by atoms with Gasteiger partial charge >= 0.3 is 0 Å². The second kappa shape index (κ2) is 7.83. The van der Waals surface area contributed by atoms with E-state index in [0.717, 1.165) is 25.7 Å². The van der Waals surface area contributed by atoms with Crippen molar-refractivity contribution in [3.63, 3.8) is 0 Å². The molecule has 0 saturated heterocycles. The highest BCUT2D eigenvalue weighted by molar-refractivity contribution is 5.91. The fourth-order valence-electron chi connectivity index (χ4n) is 2.90. The van der Waals surface area contributed by atoms with Crippen molar-refractivity contribution >= 4 is 11.6 Å². The van der Waals surface area contributed by atoms with Gasteiger partial charge in [-0.2, -0.15) is 0 Å². The number of furan rings is 1. The summed E-state index contributed by atoms with van der Waals surface area (Å²) in [6.45, 7) is 0.147. The highest BCUT2D eigenvalue weighted by Gasteiger charge is 2.18. The van der Waals surface area contributed by atoms with Crippen LogP contribution in [-0.2, 0) is 6.61 Å². The summed E-state index contributed by atoms with van der Waals surface area (Å²) < 4.78 is 11.0. The highest BCUT2D eigenvalue weighted by Crippen LogP contribution is 2.20. The zero-order chi connectivity index (χ0) is 17.6. The summed E-state index contributed by atoms with van der Waals surface area (Å²) in [7, 11) is 0. The summed E-state index contributed by atoms with van der Waals surface area (Å²) >= 11 is 0. The largest absolute Gasteiger partial charge is 0.486 e. The number of ether oxygens (including phenoxy) is 1. The SMILES string of the molecule is O=C(NC1CCCCC1)c1ccc(COc2ccc([N+](=O)[O-])cc2)o1. The molecule has 1 fully saturated rings. The monoisotopic (exact) mass is 344 g/mol. The van der Waals surface area contributed by atoms with Crippen molar-refractivity contribution in [2.45, 2.75) is 44.8 Å². The molecule has 0 unspecified atom stereocenters. The maximum Gasteiger partial charge on any atom is 0.287 e. The zero-order valence-electron chi connectivity index (χ0n) is 13.8. The first-order valence-corrected chi connectivity index (χ1v) is 8.38. The van der Waals surface area contributed by atoms with Gasteiger partial charge in [0.25, 0.3) is 11.6 Å². The minimum Gasteiger partial charge on any atom is -0.486 e. The van der Waals surface area contributed by atoms with Gasteiger partial charge in [0.2, 0.25) is 0 Å². The third-order valence-electron chi connectivity index (χ3n) is 4.25. The number of benzene rings is 1. The molecule has 1 aromatic heterocycles. The van der Waals surface area contributed by atoms with Crippen LogP contribution in [0.5, 0.6) is 5.75 Å². The third-order valence-corrected chi connectivity index (χ3v) is 4.25. The molecule has 25 heavy (non-hydrogen) atoms. The number of nitro benzene ring substituents is 1. The van der Waals surface area contributed by atoms with E-state index in [1.807, 2.05) is 0 Å². The molecular formula is C18H20N2O5. The quantitative estimate of drug-likeness (QED) is 0.635. The number of carbonyl (C=O) groups is 1. The minimum absolute atomic E-state index is 0.00650. The molecule has 1 heterocycles. The standard InChI is InChI=1S/C18H20N2O5/c21-18(19-13-4-2-1-3-5-13)17-11-10-16(25-17)12-24-15-8-6-14(7-9-15)20(22)23/h6-11,13H,1-5,12H2,(H,19,21). The van der Waals surface area contributed by atoms with E-state index < -0.39 is 4.92 Å². The first kappa shape index (κ1) is 17.0. The number of nitrogens with one attached hydrogen (secondary N) is 1. The topological polar surface area (TPSA) is 94.6 Å². The fraction of sp³-hybridized carbons (Fsp3) is 0.389. The van der Waals surface area contributed by atoms with Gasteiger partial charge in [0, 0.05) is 18.2 Å². The first-order chi connectivity index (χ1) is 12.1. The molecule has 1 saturated carbocycles. The smallest absolute Gasteiger partial charge is 0.287 e. The lowest BCUT2D eigenvalue weighted by Crippen LogP contribution is -2.35. The van der Waals surface area contributed by atoms with Crippen LogP contribution in [0.15, 0.2) is 40.8 Å². The van der Waals surface area contributed by atoms with Gasteiger partial charge in [-0.1, -0.05) is 19.3 Å². The van der Waals surface area contributed by atoms with Gasteiger partial charge in [-0.15, -0.1) is 0 Å². The molecule has 0 spiro atoms. The minimum atomic E-state index is -0.465. The van der Waals surface area contributed by atoms with Crippen LogP contribution < -0.4 is 10.1 Å². The Morgan fingerprint density at radius 2 is 1.88 bits per heavy atom. The third kappa shape index (κ3) is 4.59. The molecule has 0 bridgehead atoms. The van der Waals surface area contributed by atoms with Crippen LogP contribution in [0.25, 0.3) is 0 Å². The number of nitrogens with zero attached hydrogens (tertiary/aromatic N) is 1. The second-order valence-corrected chi connectivity index (χ2v) is 6.11. The predicted molar refractivity (Wildman–Crippen MR) is 90.5 cm³/mol. The summed E-state index contributed by atoms with van der Waals surface area (Å²) in [4.78, 5) is 22.3. The van der Waals surface area contributed by atoms with Crippen molar-refractivity contribution in [2.24, 2.45) is 0 Å². The Morgan fingerprint density at radius 1 is 1.16 bits per heavy atom. The van der Waals surface area contributed by atoms with Crippen molar-refractivity contribution in [1.29, 1.82) is 0 Å². The lowest BCUT2D eigenvalue weighted by atomic mass is 9.95. The Balaban J connectivity index is 1.52. The zero-order valence-corrected chi connectivity index (χ0v) is 13.8. The molecule has 1 N–H and O–H groups in total. The van der Waals surface area contributed by atoms with Gasteiger partial charge in [-0.3, -0.25) is 14.9 Å². The lowest BCUT2D eigenvalue weighted by Gasteiger charge is -2.22. The van der Waals surface area contributed by atoms with Gasteiger partial charge in [0.1, 0.15) is 18.1 Å². The predicted octanol–water partition coefficient (Wildman–Crippen LogP) is 3.83. The molecule has 1 aliphatic carbocycles. The van der Waals surface area contributed by atoms with Crippen molar-refractivity contribution in [3.05, 3.63) is 58.0 Å². The molecule has 2 aromatic rings. The Kier molecular flexibility index (Phi) is 5.33. The number of rotatable bonds is 6. The van der Waals surface area contributed by atoms with Crippen LogP contribution in [-0.4, -0.2) is 16.9 Å². The normalized spacial score (nSPS) is 14.9. The van der Waals surface area contributed by atoms with Crippen LogP contribution in [0.3, 0.4) is 0 Å². The number of non-ortho nitro benzene ring substituents is 1. The highest BCUT2D eigenvalue weighted by atomic mass is 16.6. The summed E-state index contributed by atoms with van der Waals surface area (Å²) in [6.07, 6.45) is 5.57. The maximum atomic E-state index is 12.2. The van der Waals surface area contributed by atoms with E-state index >= 15 is 0 Å². The van der Waals surface area contributed by atoms with Gasteiger partial charge in [-0.05, 0) is 37.1 Å². The van der Waals surface area contributed by atoms with E-state index in [2.05, 4.69) is 5.32 Å². The van der Waals surface area contributed by atoms with Crippen molar-refractivity contribution in [2.75, 3.05) is 0 Å². The summed E-state index contributed by atoms with van der Waals surface area (Å²) in [6, 6.07) is 9.36. The van der Waals surface area contributed by atoms with Gasteiger partial charge in [-0.25, -0.2) is 0 Å². The van der Waals surface area contributed by atoms with E-state index in [0.29, 0.717) is 11.5 Å². The van der Waals surface area contributed by atoms with E-state index in [-0.39, 0.29) is 30.0 Å². The van der Waals surface area contributed by atoms with Crippen LogP contribution in [0.4, 0.5) is 5.69 Å². The number of amides is 1. The number of hydrogen-bond donors (Lipinski definition) is 1. The molecule has 1 amide bonds. The van der Waals surface area contributed by atoms with Crippen molar-refractivity contribution < 1.29 is 18.9 Å². The molecule has 1 aromatic carbocycles. The molecule has 1 aliphatic rings. The number of nitro groups is 1. The average molecular weight is 344 g/mol. The second-order valence-electron chi connectivity index (χ2n) is 6.11. The Labute approximate surface area is 145 Å². The van der Waals surface area contributed by atoms with Crippen LogP contribution in [0.2, 0.25) is 0 Å². The molecule has 132 valence electrons. The Hall–Kier alpha value is -2.83. The van der Waals surface area contributed by atoms with Crippen molar-refractivity contribution in [3.8, 4) is 5.75 Å². The molecule has 0 aliphatic heterocycles. The summed E-state index contributed by atoms with van der Waals surface area (Å²) in [5, 5.41) is 13.6. The fourth-order valence-corrected chi connectivity index (χ4v) is 2.90. The van der Waals surface area contributed by atoms with E-state index in [4.69, 9.17) is 9.15 Å². The molecule has 0 radical (unpaired) electrons. The van der Waals surface area contributed by atoms with Crippen molar-refractivity contribution in [1.82, 2.24) is 5.32 Å². The Bertz CT molecular complexity index is 732. The van der Waals surface area contributed by atoms with E-state index in [9.17, 15) is 14.9 Å². The van der Waals surface area contributed by atoms with E-state index in [1.165, 1.54) is 30.7 Å². The molecule has 0 atom stereocenters. The molecule has 7 nitrogen and oxygen atoms in total. The summed E-state index contributed by atoms with van der Waals surface area (Å²) in [5.41, 5.74) is 0.00650. The number of carbonyl (C=O) groups excluding carboxylic acids is 1. The number of hydrogen-bond acceptors (Lipinski definition) is 5. The lowest BCUT2D eigenvalue weighted by molar-refractivity contribution is -0.384. The van der Waals surface area contributed by atoms with Crippen LogP contribution in [0.1, 0.15) is 48.4 Å². The van der Waals surface area contributed by atoms with Crippen LogP contribution >= 0.6 is 0 Å². The first-order valence-electron chi connectivity index (χ1n) is 8.38. The molecular weight excluding hydrogens is 324 g/mol. The van der Waals surface area contributed by atoms with Crippen LogP contribution in [0, 0.1) is 10.1 Å². The molecule has 3 rings (SSSR count). The average Bonchev–Trinajstić information content (AvgIpc) is 3.10. The van der Waals surface area contributed by atoms with Gasteiger partial charge < -0.3 is 14.5 Å². The van der Waals surface area contributed by atoms with Gasteiger partial charge in [0.15, 0.2) is 5.76 Å². The Morgan fingerprint density at radius 3 is 2.56 bits per heavy atom. The summed E-state index contributed by atoms with van der Waals surface area (Å²) in [5.74, 6) is 1.09. The maximum absolute atomic E-state index is 12.2. The van der Waals surface area contributed by atoms with E-state index in [1.54, 1.807) is 12.1 Å².